The maximum absolute atomic E-state index is 12.9. The molecule has 0 aliphatic carbocycles. The Morgan fingerprint density at radius 3 is 2.63 bits per heavy atom. The molecule has 1 saturated heterocycles. The number of pyridine rings is 1. The fourth-order valence-corrected chi connectivity index (χ4v) is 3.13. The van der Waals surface area contributed by atoms with Crippen LogP contribution in [0.25, 0.3) is 0 Å². The highest BCUT2D eigenvalue weighted by Gasteiger charge is 2.30. The third-order valence-electron chi connectivity index (χ3n) is 4.94. The Kier molecular flexibility index (Phi) is 6.59. The number of carbonyl (C=O) groups excluding carboxylic acids is 2. The first-order valence-electron chi connectivity index (χ1n) is 9.58. The number of alkyl halides is 3. The Balaban J connectivity index is 1.66. The molecular weight excluding hydrogens is 399 g/mol. The minimum absolute atomic E-state index is 0.0231. The van der Waals surface area contributed by atoms with Crippen molar-refractivity contribution in [2.75, 3.05) is 25.0 Å². The first-order valence-corrected chi connectivity index (χ1v) is 9.58. The number of esters is 1. The van der Waals surface area contributed by atoms with Gasteiger partial charge in [0.1, 0.15) is 11.4 Å². The molecule has 0 spiro atoms. The molecule has 2 aromatic rings. The Morgan fingerprint density at radius 2 is 1.93 bits per heavy atom. The van der Waals surface area contributed by atoms with Gasteiger partial charge >= 0.3 is 12.1 Å². The molecule has 6 nitrogen and oxygen atoms in total. The van der Waals surface area contributed by atoms with Gasteiger partial charge in [0.25, 0.3) is 5.91 Å². The van der Waals surface area contributed by atoms with E-state index in [0.29, 0.717) is 19.0 Å². The summed E-state index contributed by atoms with van der Waals surface area (Å²) in [6, 6.07) is 7.49. The van der Waals surface area contributed by atoms with Crippen LogP contribution < -0.4 is 5.32 Å². The van der Waals surface area contributed by atoms with E-state index in [4.69, 9.17) is 4.74 Å². The molecule has 1 aliphatic heterocycles. The normalized spacial score (nSPS) is 15.0. The van der Waals surface area contributed by atoms with E-state index in [1.165, 1.54) is 30.5 Å². The van der Waals surface area contributed by atoms with Crippen LogP contribution in [-0.4, -0.2) is 41.5 Å². The molecule has 1 amide bonds. The molecular formula is C21H22F3N3O3. The molecule has 1 N–H and O–H groups in total. The number of ether oxygens (including phenoxy) is 1. The summed E-state index contributed by atoms with van der Waals surface area (Å²) in [5, 5.41) is 2.71. The van der Waals surface area contributed by atoms with Crippen molar-refractivity contribution in [3.8, 4) is 0 Å². The quantitative estimate of drug-likeness (QED) is 0.731. The van der Waals surface area contributed by atoms with Gasteiger partial charge in [-0.2, -0.15) is 13.2 Å². The average molecular weight is 421 g/mol. The number of hydrogen-bond donors (Lipinski definition) is 1. The van der Waals surface area contributed by atoms with Crippen LogP contribution in [0.5, 0.6) is 0 Å². The van der Waals surface area contributed by atoms with Crippen LogP contribution in [0.4, 0.5) is 24.7 Å². The number of nitrogens with zero attached hydrogens (tertiary/aromatic N) is 2. The van der Waals surface area contributed by atoms with Crippen molar-refractivity contribution in [3.05, 3.63) is 53.7 Å². The Morgan fingerprint density at radius 1 is 1.20 bits per heavy atom. The lowest BCUT2D eigenvalue weighted by Gasteiger charge is -2.30. The second-order valence-corrected chi connectivity index (χ2v) is 7.24. The van der Waals surface area contributed by atoms with Crippen molar-refractivity contribution < 1.29 is 27.5 Å². The van der Waals surface area contributed by atoms with Crippen LogP contribution in [0.1, 0.15) is 35.7 Å². The van der Waals surface area contributed by atoms with Crippen LogP contribution in [-0.2, 0) is 15.7 Å². The zero-order valence-corrected chi connectivity index (χ0v) is 16.4. The summed E-state index contributed by atoms with van der Waals surface area (Å²) in [5.41, 5.74) is -0.680. The monoisotopic (exact) mass is 421 g/mol. The van der Waals surface area contributed by atoms with Gasteiger partial charge in [0.05, 0.1) is 5.56 Å². The van der Waals surface area contributed by atoms with E-state index in [2.05, 4.69) is 17.2 Å². The zero-order chi connectivity index (χ0) is 21.7. The fraction of sp³-hybridized carbons (Fsp3) is 0.381. The predicted octanol–water partition coefficient (Wildman–Crippen LogP) is 4.26. The van der Waals surface area contributed by atoms with Crippen LogP contribution in [0, 0.1) is 5.92 Å². The van der Waals surface area contributed by atoms with Gasteiger partial charge in [-0.1, -0.05) is 13.0 Å². The van der Waals surface area contributed by atoms with E-state index in [1.54, 1.807) is 4.90 Å². The van der Waals surface area contributed by atoms with Gasteiger partial charge < -0.3 is 15.0 Å². The van der Waals surface area contributed by atoms with Gasteiger partial charge in [-0.25, -0.2) is 9.78 Å². The van der Waals surface area contributed by atoms with Gasteiger partial charge in [-0.15, -0.1) is 0 Å². The van der Waals surface area contributed by atoms with E-state index in [1.807, 2.05) is 0 Å². The molecule has 160 valence electrons. The van der Waals surface area contributed by atoms with Crippen molar-refractivity contribution in [1.29, 1.82) is 0 Å². The lowest BCUT2D eigenvalue weighted by atomic mass is 9.99. The smallest absolute Gasteiger partial charge is 0.416 e. The highest BCUT2D eigenvalue weighted by molar-refractivity contribution is 5.96. The van der Waals surface area contributed by atoms with Gasteiger partial charge in [-0.3, -0.25) is 4.79 Å². The molecule has 2 heterocycles. The number of carbonyl (C=O) groups is 2. The molecule has 1 fully saturated rings. The highest BCUT2D eigenvalue weighted by Crippen LogP contribution is 2.31. The molecule has 0 bridgehead atoms. The molecule has 0 saturated carbocycles. The molecule has 1 aliphatic rings. The number of hydrogen-bond acceptors (Lipinski definition) is 5. The van der Waals surface area contributed by atoms with Crippen molar-refractivity contribution in [2.24, 2.45) is 5.92 Å². The van der Waals surface area contributed by atoms with Crippen molar-refractivity contribution in [2.45, 2.75) is 25.9 Å². The van der Waals surface area contributed by atoms with Crippen LogP contribution >= 0.6 is 0 Å². The summed E-state index contributed by atoms with van der Waals surface area (Å²) in [6.07, 6.45) is -1.27. The average Bonchev–Trinajstić information content (AvgIpc) is 2.72. The third-order valence-corrected chi connectivity index (χ3v) is 4.94. The maximum Gasteiger partial charge on any atom is 0.416 e. The Bertz CT molecular complexity index is 910. The van der Waals surface area contributed by atoms with Crippen molar-refractivity contribution in [1.82, 2.24) is 9.88 Å². The van der Waals surface area contributed by atoms with E-state index in [9.17, 15) is 22.8 Å². The SMILES string of the molecule is CC1CCN(C(=O)COC(=O)c2cccnc2Nc2cccc(C(F)(F)F)c2)CC1. The van der Waals surface area contributed by atoms with E-state index in [0.717, 1.165) is 25.0 Å². The van der Waals surface area contributed by atoms with Gasteiger partial charge in [-0.05, 0) is 49.1 Å². The summed E-state index contributed by atoms with van der Waals surface area (Å²) >= 11 is 0. The largest absolute Gasteiger partial charge is 0.452 e. The van der Waals surface area contributed by atoms with Crippen LogP contribution in [0.15, 0.2) is 42.6 Å². The van der Waals surface area contributed by atoms with Gasteiger partial charge in [0.15, 0.2) is 6.61 Å². The van der Waals surface area contributed by atoms with Gasteiger partial charge in [0, 0.05) is 25.0 Å². The second kappa shape index (κ2) is 9.15. The third kappa shape index (κ3) is 5.49. The number of nitrogens with one attached hydrogen (secondary N) is 1. The lowest BCUT2D eigenvalue weighted by Crippen LogP contribution is -2.40. The van der Waals surface area contributed by atoms with E-state index in [-0.39, 0.29) is 23.0 Å². The first-order chi connectivity index (χ1) is 14.2. The highest BCUT2D eigenvalue weighted by atomic mass is 19.4. The van der Waals surface area contributed by atoms with Crippen molar-refractivity contribution in [3.63, 3.8) is 0 Å². The number of benzene rings is 1. The number of anilines is 2. The minimum atomic E-state index is -4.49. The van der Waals surface area contributed by atoms with Gasteiger partial charge in [0.2, 0.25) is 0 Å². The van der Waals surface area contributed by atoms with E-state index < -0.39 is 24.3 Å². The standard InChI is InChI=1S/C21H22F3N3O3/c1-14-7-10-27(11-8-14)18(28)13-30-20(29)17-6-3-9-25-19(17)26-16-5-2-4-15(12-16)21(22,23)24/h2-6,9,12,14H,7-8,10-11,13H2,1H3,(H,25,26). The Hall–Kier alpha value is -3.10. The summed E-state index contributed by atoms with van der Waals surface area (Å²) in [5.74, 6) is -0.444. The summed E-state index contributed by atoms with van der Waals surface area (Å²) < 4.78 is 43.9. The minimum Gasteiger partial charge on any atom is -0.452 e. The fourth-order valence-electron chi connectivity index (χ4n) is 3.13. The number of halogens is 3. The molecule has 1 aromatic heterocycles. The lowest BCUT2D eigenvalue weighted by molar-refractivity contribution is -0.137. The summed E-state index contributed by atoms with van der Waals surface area (Å²) in [6.45, 7) is 2.99. The molecule has 1 aromatic carbocycles. The Labute approximate surface area is 172 Å². The first kappa shape index (κ1) is 21.6. The number of aromatic nitrogens is 1. The van der Waals surface area contributed by atoms with E-state index >= 15 is 0 Å². The molecule has 0 atom stereocenters. The summed E-state index contributed by atoms with van der Waals surface area (Å²) in [4.78, 5) is 30.4. The van der Waals surface area contributed by atoms with Crippen molar-refractivity contribution >= 4 is 23.4 Å². The molecule has 3 rings (SSSR count). The molecule has 0 radical (unpaired) electrons. The number of amides is 1. The number of piperidine rings is 1. The maximum atomic E-state index is 12.9. The predicted molar refractivity (Wildman–Crippen MR) is 104 cm³/mol. The van der Waals surface area contributed by atoms with Crippen LogP contribution in [0.2, 0.25) is 0 Å². The molecule has 9 heteroatoms. The van der Waals surface area contributed by atoms with Crippen LogP contribution in [0.3, 0.4) is 0 Å². The topological polar surface area (TPSA) is 71.5 Å². The summed E-state index contributed by atoms with van der Waals surface area (Å²) in [7, 11) is 0. The zero-order valence-electron chi connectivity index (χ0n) is 16.4. The number of likely N-dealkylation sites (tertiary alicyclic amines) is 1. The second-order valence-electron chi connectivity index (χ2n) is 7.24. The number of rotatable bonds is 5. The molecule has 0 unspecified atom stereocenters. The molecule has 30 heavy (non-hydrogen) atoms.